The van der Waals surface area contributed by atoms with E-state index in [4.69, 9.17) is 4.74 Å². The highest BCUT2D eigenvalue weighted by atomic mass is 16.6. The number of alkyl carbamates (subject to hydrolysis) is 1. The van der Waals surface area contributed by atoms with E-state index in [1.54, 1.807) is 25.7 Å². The summed E-state index contributed by atoms with van der Waals surface area (Å²) in [6.45, 7) is 10.9. The van der Waals surface area contributed by atoms with Gasteiger partial charge in [0, 0.05) is 13.1 Å². The van der Waals surface area contributed by atoms with Gasteiger partial charge in [-0.2, -0.15) is 0 Å². The van der Waals surface area contributed by atoms with Crippen LogP contribution in [0, 0.1) is 0 Å². The maximum Gasteiger partial charge on any atom is 0.408 e. The molecule has 0 unspecified atom stereocenters. The van der Waals surface area contributed by atoms with Crippen molar-refractivity contribution in [1.82, 2.24) is 10.2 Å². The molecule has 0 fully saturated rings. The first kappa shape index (κ1) is 16.7. The number of hydrogen-bond donors (Lipinski definition) is 1. The van der Waals surface area contributed by atoms with Crippen molar-refractivity contribution in [3.63, 3.8) is 0 Å². The van der Waals surface area contributed by atoms with Crippen LogP contribution in [0.25, 0.3) is 0 Å². The zero-order chi connectivity index (χ0) is 14.2. The second kappa shape index (κ2) is 7.95. The van der Waals surface area contributed by atoms with E-state index in [0.29, 0.717) is 0 Å². The zero-order valence-corrected chi connectivity index (χ0v) is 12.2. The average Bonchev–Trinajstić information content (AvgIpc) is 2.23. The molecule has 0 aliphatic rings. The Morgan fingerprint density at radius 3 is 2.00 bits per heavy atom. The molecule has 0 radical (unpaired) electrons. The fourth-order valence-electron chi connectivity index (χ4n) is 1.47. The minimum absolute atomic E-state index is 0.00505. The Labute approximate surface area is 110 Å². The third-order valence-corrected chi connectivity index (χ3v) is 2.12. The van der Waals surface area contributed by atoms with Crippen LogP contribution in [-0.4, -0.2) is 42.1 Å². The Balaban J connectivity index is 4.10. The smallest absolute Gasteiger partial charge is 0.408 e. The molecule has 0 aromatic carbocycles. The normalized spacial score (nSPS) is 10.9. The highest BCUT2D eigenvalue weighted by Crippen LogP contribution is 2.06. The van der Waals surface area contributed by atoms with Crippen molar-refractivity contribution in [3.05, 3.63) is 0 Å². The van der Waals surface area contributed by atoms with Crippen LogP contribution in [0.15, 0.2) is 0 Å². The number of carbonyl (C=O) groups excluding carboxylic acids is 2. The van der Waals surface area contributed by atoms with E-state index in [0.717, 1.165) is 25.9 Å². The zero-order valence-electron chi connectivity index (χ0n) is 12.2. The fourth-order valence-corrected chi connectivity index (χ4v) is 1.47. The number of ether oxygens (including phenoxy) is 1. The number of hydrogen-bond acceptors (Lipinski definition) is 3. The molecular weight excluding hydrogens is 232 g/mol. The highest BCUT2D eigenvalue weighted by Gasteiger charge is 2.18. The number of amides is 2. The van der Waals surface area contributed by atoms with Gasteiger partial charge in [-0.05, 0) is 33.6 Å². The minimum atomic E-state index is -0.552. The summed E-state index contributed by atoms with van der Waals surface area (Å²) in [5, 5.41) is 2.48. The molecule has 0 aliphatic carbocycles. The molecule has 18 heavy (non-hydrogen) atoms. The first-order valence-electron chi connectivity index (χ1n) is 6.54. The predicted octanol–water partition coefficient (Wildman–Crippen LogP) is 2.16. The lowest BCUT2D eigenvalue weighted by atomic mass is 10.2. The van der Waals surface area contributed by atoms with Crippen LogP contribution in [0.1, 0.15) is 47.5 Å². The largest absolute Gasteiger partial charge is 0.444 e. The third-order valence-electron chi connectivity index (χ3n) is 2.12. The van der Waals surface area contributed by atoms with E-state index in [2.05, 4.69) is 5.32 Å². The van der Waals surface area contributed by atoms with E-state index in [9.17, 15) is 9.59 Å². The lowest BCUT2D eigenvalue weighted by Gasteiger charge is -2.23. The van der Waals surface area contributed by atoms with Crippen LogP contribution < -0.4 is 5.32 Å². The molecule has 0 aromatic heterocycles. The fraction of sp³-hybridized carbons (Fsp3) is 0.846. The first-order chi connectivity index (χ1) is 8.30. The monoisotopic (exact) mass is 258 g/mol. The molecule has 0 aliphatic heterocycles. The van der Waals surface area contributed by atoms with Gasteiger partial charge in [0.2, 0.25) is 5.91 Å². The quantitative estimate of drug-likeness (QED) is 0.794. The Hall–Kier alpha value is -1.26. The summed E-state index contributed by atoms with van der Waals surface area (Å²) >= 11 is 0. The van der Waals surface area contributed by atoms with Crippen molar-refractivity contribution >= 4 is 12.0 Å². The highest BCUT2D eigenvalue weighted by molar-refractivity contribution is 5.82. The maximum absolute atomic E-state index is 11.8. The summed E-state index contributed by atoms with van der Waals surface area (Å²) in [4.78, 5) is 25.0. The van der Waals surface area contributed by atoms with Gasteiger partial charge in [-0.3, -0.25) is 4.79 Å². The van der Waals surface area contributed by atoms with Crippen LogP contribution in [0.4, 0.5) is 4.79 Å². The topological polar surface area (TPSA) is 58.6 Å². The summed E-state index contributed by atoms with van der Waals surface area (Å²) in [5.74, 6) is -0.0652. The van der Waals surface area contributed by atoms with Gasteiger partial charge in [0.15, 0.2) is 0 Å². The van der Waals surface area contributed by atoms with Crippen molar-refractivity contribution in [2.24, 2.45) is 0 Å². The van der Waals surface area contributed by atoms with Crippen molar-refractivity contribution in [2.45, 2.75) is 53.1 Å². The molecule has 0 saturated carbocycles. The van der Waals surface area contributed by atoms with Gasteiger partial charge < -0.3 is 15.0 Å². The molecule has 0 aromatic rings. The predicted molar refractivity (Wildman–Crippen MR) is 71.4 cm³/mol. The lowest BCUT2D eigenvalue weighted by Crippen LogP contribution is -2.42. The molecule has 106 valence electrons. The minimum Gasteiger partial charge on any atom is -0.444 e. The van der Waals surface area contributed by atoms with Crippen LogP contribution in [-0.2, 0) is 9.53 Å². The standard InChI is InChI=1S/C13H26N2O3/c1-6-8-15(9-7-2)11(16)10-14-12(17)18-13(3,4)5/h6-10H2,1-5H3,(H,14,17). The van der Waals surface area contributed by atoms with Crippen LogP contribution in [0.3, 0.4) is 0 Å². The van der Waals surface area contributed by atoms with E-state index < -0.39 is 11.7 Å². The number of rotatable bonds is 6. The molecule has 1 N–H and O–H groups in total. The molecular formula is C13H26N2O3. The Morgan fingerprint density at radius 2 is 1.61 bits per heavy atom. The number of nitrogens with one attached hydrogen (secondary N) is 1. The summed E-state index contributed by atoms with van der Waals surface area (Å²) in [6, 6.07) is 0. The van der Waals surface area contributed by atoms with Gasteiger partial charge in [0.1, 0.15) is 12.1 Å². The number of nitrogens with zero attached hydrogens (tertiary/aromatic N) is 1. The molecule has 0 bridgehead atoms. The Bertz CT molecular complexity index is 266. The molecule has 0 saturated heterocycles. The summed E-state index contributed by atoms with van der Waals surface area (Å²) < 4.78 is 5.07. The second-order valence-electron chi connectivity index (χ2n) is 5.24. The van der Waals surface area contributed by atoms with Gasteiger partial charge >= 0.3 is 6.09 Å². The van der Waals surface area contributed by atoms with E-state index in [1.807, 2.05) is 13.8 Å². The molecule has 0 atom stereocenters. The first-order valence-corrected chi connectivity index (χ1v) is 6.54. The van der Waals surface area contributed by atoms with Crippen LogP contribution >= 0.6 is 0 Å². The molecule has 5 nitrogen and oxygen atoms in total. The van der Waals surface area contributed by atoms with Crippen LogP contribution in [0.5, 0.6) is 0 Å². The number of carbonyl (C=O) groups is 2. The maximum atomic E-state index is 11.8. The van der Waals surface area contributed by atoms with Crippen molar-refractivity contribution in [2.75, 3.05) is 19.6 Å². The summed E-state index contributed by atoms with van der Waals surface area (Å²) in [7, 11) is 0. The molecule has 5 heteroatoms. The molecule has 0 heterocycles. The molecule has 0 rings (SSSR count). The average molecular weight is 258 g/mol. The van der Waals surface area contributed by atoms with E-state index >= 15 is 0 Å². The van der Waals surface area contributed by atoms with E-state index in [1.165, 1.54) is 0 Å². The van der Waals surface area contributed by atoms with Crippen LogP contribution in [0.2, 0.25) is 0 Å². The van der Waals surface area contributed by atoms with Gasteiger partial charge in [0.25, 0.3) is 0 Å². The molecule has 2 amide bonds. The van der Waals surface area contributed by atoms with Crippen molar-refractivity contribution in [3.8, 4) is 0 Å². The van der Waals surface area contributed by atoms with E-state index in [-0.39, 0.29) is 12.5 Å². The van der Waals surface area contributed by atoms with Gasteiger partial charge in [-0.1, -0.05) is 13.8 Å². The third kappa shape index (κ3) is 7.92. The lowest BCUT2D eigenvalue weighted by molar-refractivity contribution is -0.130. The van der Waals surface area contributed by atoms with Gasteiger partial charge in [-0.25, -0.2) is 4.79 Å². The summed E-state index contributed by atoms with van der Waals surface area (Å²) in [6.07, 6.45) is 1.28. The Kier molecular flexibility index (Phi) is 7.39. The Morgan fingerprint density at radius 1 is 1.11 bits per heavy atom. The summed E-state index contributed by atoms with van der Waals surface area (Å²) in [5.41, 5.74) is -0.542. The van der Waals surface area contributed by atoms with Crippen molar-refractivity contribution < 1.29 is 14.3 Å². The SMILES string of the molecule is CCCN(CCC)C(=O)CNC(=O)OC(C)(C)C. The van der Waals surface area contributed by atoms with Crippen molar-refractivity contribution in [1.29, 1.82) is 0 Å². The van der Waals surface area contributed by atoms with Gasteiger partial charge in [0.05, 0.1) is 0 Å². The second-order valence-corrected chi connectivity index (χ2v) is 5.24. The molecule has 0 spiro atoms. The van der Waals surface area contributed by atoms with Gasteiger partial charge in [-0.15, -0.1) is 0 Å².